The maximum Gasteiger partial charge on any atom is 2.00 e. The fraction of sp³-hybridized carbons (Fsp3) is 0.0385. The topological polar surface area (TPSA) is 62.0 Å². The maximum absolute atomic E-state index is 13.5. The molecule has 0 aliphatic carbocycles. The third kappa shape index (κ3) is 11.6. The van der Waals surface area contributed by atoms with E-state index in [9.17, 15) is 4.39 Å². The monoisotopic (exact) mass is 885 g/mol. The zero-order valence-corrected chi connectivity index (χ0v) is 36.8. The van der Waals surface area contributed by atoms with E-state index in [2.05, 4.69) is 185 Å². The standard InChI is InChI=1S/C37H32OP2.C14H10FN4.CH3.Cu/c1-3-5-19-30(4-2)39(31-20-9-6-10-21-31)36-28-17-15-26-34(36)38-35-27-16-18-29-37(35)40(32-22-11-7-12-23-32)33-24-13-8-14-25-33;1-9-6-10(8-11(15)7-9)13-14(18-19-17-13)12-4-2-3-5-16-12;;/h3-29H,2H2,1H3;2-8H,1H3;1H3;/q;2*-1;+2/b5-3-,30-19+;;;. The van der Waals surface area contributed by atoms with Crippen LogP contribution in [0, 0.1) is 20.2 Å². The minimum Gasteiger partial charge on any atom is -0.456 e. The molecule has 0 bridgehead atoms. The van der Waals surface area contributed by atoms with Gasteiger partial charge in [-0.15, -0.1) is 0 Å². The van der Waals surface area contributed by atoms with Crippen LogP contribution in [0.25, 0.3) is 22.6 Å². The Balaban J connectivity index is 0.000000281. The van der Waals surface area contributed by atoms with Crippen molar-refractivity contribution in [2.45, 2.75) is 13.8 Å². The molecule has 0 aliphatic rings. The van der Waals surface area contributed by atoms with Crippen molar-refractivity contribution in [2.24, 2.45) is 0 Å². The molecule has 1 atom stereocenters. The van der Waals surface area contributed by atoms with Crippen LogP contribution < -0.4 is 36.4 Å². The zero-order chi connectivity index (χ0) is 40.8. The summed E-state index contributed by atoms with van der Waals surface area (Å²) in [5.41, 5.74) is 3.25. The van der Waals surface area contributed by atoms with Gasteiger partial charge in [0.25, 0.3) is 0 Å². The van der Waals surface area contributed by atoms with Crippen LogP contribution in [0.5, 0.6) is 11.5 Å². The van der Waals surface area contributed by atoms with Gasteiger partial charge in [-0.3, -0.25) is 10.2 Å². The largest absolute Gasteiger partial charge is 2.00 e. The molecular weight excluding hydrogens is 841 g/mol. The molecular formula is C52H45CuFN4OP2. The number of benzene rings is 6. The van der Waals surface area contributed by atoms with Gasteiger partial charge in [-0.05, 0) is 104 Å². The molecule has 2 heterocycles. The number of hydrogen-bond acceptors (Lipinski definition) is 4. The van der Waals surface area contributed by atoms with Gasteiger partial charge in [-0.1, -0.05) is 170 Å². The first kappa shape index (κ1) is 46.0. The fourth-order valence-electron chi connectivity index (χ4n) is 6.54. The molecule has 1 radical (unpaired) electrons. The number of rotatable bonds is 12. The van der Waals surface area contributed by atoms with Gasteiger partial charge in [-0.2, -0.15) is 0 Å². The van der Waals surface area contributed by atoms with E-state index >= 15 is 0 Å². The normalized spacial score (nSPS) is 11.4. The molecule has 61 heavy (non-hydrogen) atoms. The minimum absolute atomic E-state index is 0. The van der Waals surface area contributed by atoms with Gasteiger partial charge in [0.1, 0.15) is 17.3 Å². The Morgan fingerprint density at radius 2 is 1.25 bits per heavy atom. The van der Waals surface area contributed by atoms with E-state index in [0.29, 0.717) is 22.6 Å². The van der Waals surface area contributed by atoms with E-state index < -0.39 is 15.8 Å². The molecule has 0 saturated carbocycles. The molecule has 0 spiro atoms. The van der Waals surface area contributed by atoms with Crippen molar-refractivity contribution in [3.8, 4) is 34.1 Å². The quantitative estimate of drug-likeness (QED) is 0.0529. The molecule has 9 heteroatoms. The second kappa shape index (κ2) is 23.1. The summed E-state index contributed by atoms with van der Waals surface area (Å²) >= 11 is 0. The molecule has 0 amide bonds. The molecule has 6 aromatic carbocycles. The molecule has 307 valence electrons. The third-order valence-corrected chi connectivity index (χ3v) is 14.1. The van der Waals surface area contributed by atoms with Crippen molar-refractivity contribution >= 4 is 42.4 Å². The van der Waals surface area contributed by atoms with Gasteiger partial charge in [0.2, 0.25) is 0 Å². The van der Waals surface area contributed by atoms with E-state index in [0.717, 1.165) is 22.4 Å². The number of nitrogens with zero attached hydrogens (tertiary/aromatic N) is 4. The SMILES string of the molecule is C=C/C(=C\C=C/C)P(c1ccccc1)c1ccccc1Oc1ccccc1P(c1ccccc1)c1ccccc1.Cc1cc(F)cc(-c2nn[n-]c2-c2ccccn2)c1.[CH3-].[Cu+2]. The van der Waals surface area contributed by atoms with Gasteiger partial charge < -0.3 is 22.4 Å². The number of pyridine rings is 1. The molecule has 8 rings (SSSR count). The molecule has 2 aromatic heterocycles. The molecule has 1 unspecified atom stereocenters. The van der Waals surface area contributed by atoms with E-state index in [1.165, 1.54) is 38.7 Å². The number of hydrogen-bond donors (Lipinski definition) is 0. The summed E-state index contributed by atoms with van der Waals surface area (Å²) in [6, 6.07) is 59.4. The van der Waals surface area contributed by atoms with Crippen molar-refractivity contribution in [1.82, 2.24) is 20.4 Å². The van der Waals surface area contributed by atoms with E-state index in [1.54, 1.807) is 6.20 Å². The molecule has 0 saturated heterocycles. The third-order valence-electron chi connectivity index (χ3n) is 9.14. The van der Waals surface area contributed by atoms with Gasteiger partial charge in [0.15, 0.2) is 0 Å². The number of allylic oxidation sites excluding steroid dienone is 5. The second-order valence-corrected chi connectivity index (χ2v) is 17.6. The number of para-hydroxylation sites is 2. The van der Waals surface area contributed by atoms with Gasteiger partial charge >= 0.3 is 17.1 Å². The molecule has 0 aliphatic heterocycles. The summed E-state index contributed by atoms with van der Waals surface area (Å²) in [4.78, 5) is 4.22. The Morgan fingerprint density at radius 1 is 0.689 bits per heavy atom. The molecule has 5 nitrogen and oxygen atoms in total. The van der Waals surface area contributed by atoms with Crippen LogP contribution in [0.2, 0.25) is 0 Å². The first-order valence-corrected chi connectivity index (χ1v) is 21.8. The van der Waals surface area contributed by atoms with E-state index in [4.69, 9.17) is 4.74 Å². The van der Waals surface area contributed by atoms with Crippen molar-refractivity contribution < 1.29 is 26.2 Å². The second-order valence-electron chi connectivity index (χ2n) is 13.3. The average molecular weight is 886 g/mol. The van der Waals surface area contributed by atoms with Crippen molar-refractivity contribution in [3.05, 3.63) is 237 Å². The van der Waals surface area contributed by atoms with Crippen molar-refractivity contribution in [3.63, 3.8) is 0 Å². The molecule has 8 aromatic rings. The number of ether oxygens (including phenoxy) is 1. The Labute approximate surface area is 372 Å². The summed E-state index contributed by atoms with van der Waals surface area (Å²) in [5, 5.41) is 19.0. The first-order chi connectivity index (χ1) is 29.0. The molecule has 0 fully saturated rings. The molecule has 0 N–H and O–H groups in total. The van der Waals surface area contributed by atoms with Crippen LogP contribution >= 0.6 is 15.8 Å². The summed E-state index contributed by atoms with van der Waals surface area (Å²) < 4.78 is 20.4. The van der Waals surface area contributed by atoms with E-state index in [1.807, 2.05) is 44.2 Å². The van der Waals surface area contributed by atoms with Crippen LogP contribution in [0.15, 0.2) is 218 Å². The van der Waals surface area contributed by atoms with Crippen molar-refractivity contribution in [2.75, 3.05) is 0 Å². The Bertz CT molecular complexity index is 2600. The Morgan fingerprint density at radius 3 is 1.82 bits per heavy atom. The number of aryl methyl sites for hydroxylation is 1. The van der Waals surface area contributed by atoms with Gasteiger partial charge in [0, 0.05) is 22.5 Å². The smallest absolute Gasteiger partial charge is 0.456 e. The summed E-state index contributed by atoms with van der Waals surface area (Å²) in [6.07, 6.45) is 9.95. The summed E-state index contributed by atoms with van der Waals surface area (Å²) in [7, 11) is -1.70. The Hall–Kier alpha value is -6.06. The van der Waals surface area contributed by atoms with E-state index in [-0.39, 0.29) is 30.3 Å². The Kier molecular flexibility index (Phi) is 17.4. The predicted octanol–water partition coefficient (Wildman–Crippen LogP) is 11.4. The minimum atomic E-state index is -0.884. The van der Waals surface area contributed by atoms with Crippen LogP contribution in [-0.2, 0) is 17.1 Å². The summed E-state index contributed by atoms with van der Waals surface area (Å²) in [5.74, 6) is 1.45. The van der Waals surface area contributed by atoms with Gasteiger partial charge in [0.05, 0.1) is 5.69 Å². The maximum atomic E-state index is 13.5. The average Bonchev–Trinajstić information content (AvgIpc) is 3.78. The summed E-state index contributed by atoms with van der Waals surface area (Å²) in [6.45, 7) is 8.05. The van der Waals surface area contributed by atoms with Crippen molar-refractivity contribution in [1.29, 1.82) is 0 Å². The van der Waals surface area contributed by atoms with Gasteiger partial charge in [-0.25, -0.2) is 4.39 Å². The first-order valence-electron chi connectivity index (χ1n) is 19.2. The van der Waals surface area contributed by atoms with Crippen LogP contribution in [0.3, 0.4) is 0 Å². The van der Waals surface area contributed by atoms with Crippen LogP contribution in [-0.4, -0.2) is 15.3 Å². The number of aromatic nitrogens is 4. The predicted molar refractivity (Wildman–Crippen MR) is 253 cm³/mol. The number of halogens is 1. The van der Waals surface area contributed by atoms with Crippen LogP contribution in [0.4, 0.5) is 4.39 Å². The fourth-order valence-corrected chi connectivity index (χ4v) is 11.2. The zero-order valence-electron chi connectivity index (χ0n) is 34.1. The van der Waals surface area contributed by atoms with Crippen LogP contribution in [0.1, 0.15) is 12.5 Å².